The molecular formula is C14H18F2N2O2. The van der Waals surface area contributed by atoms with Crippen molar-refractivity contribution in [3.63, 3.8) is 0 Å². The molecule has 0 aliphatic heterocycles. The van der Waals surface area contributed by atoms with E-state index in [4.69, 9.17) is 0 Å². The van der Waals surface area contributed by atoms with E-state index in [1.54, 1.807) is 14.1 Å². The van der Waals surface area contributed by atoms with E-state index in [9.17, 15) is 18.4 Å². The van der Waals surface area contributed by atoms with Crippen molar-refractivity contribution in [1.82, 2.24) is 9.80 Å². The number of hydrogen-bond acceptors (Lipinski definition) is 2. The summed E-state index contributed by atoms with van der Waals surface area (Å²) in [6.45, 7) is 1.98. The fraction of sp³-hybridized carbons (Fsp3) is 0.429. The molecule has 0 aliphatic rings. The predicted molar refractivity (Wildman–Crippen MR) is 71.2 cm³/mol. The van der Waals surface area contributed by atoms with E-state index in [0.717, 1.165) is 6.07 Å². The molecule has 2 amide bonds. The maximum Gasteiger partial charge on any atom is 0.257 e. The van der Waals surface area contributed by atoms with Crippen LogP contribution in [0.4, 0.5) is 8.78 Å². The van der Waals surface area contributed by atoms with Crippen LogP contribution in [0.5, 0.6) is 0 Å². The van der Waals surface area contributed by atoms with Gasteiger partial charge < -0.3 is 9.80 Å². The molecule has 1 rings (SSSR count). The minimum atomic E-state index is -1.18. The van der Waals surface area contributed by atoms with Gasteiger partial charge in [0.05, 0.1) is 5.56 Å². The Morgan fingerprint density at radius 3 is 2.40 bits per heavy atom. The van der Waals surface area contributed by atoms with Crippen LogP contribution in [0.15, 0.2) is 18.2 Å². The van der Waals surface area contributed by atoms with Gasteiger partial charge in [-0.15, -0.1) is 0 Å². The number of nitrogens with zero attached hydrogens (tertiary/aromatic N) is 2. The number of amides is 2. The molecule has 1 aromatic rings. The zero-order valence-electron chi connectivity index (χ0n) is 11.8. The maximum atomic E-state index is 13.6. The summed E-state index contributed by atoms with van der Waals surface area (Å²) in [5, 5.41) is 0. The molecule has 6 heteroatoms. The Morgan fingerprint density at radius 2 is 1.85 bits per heavy atom. The first-order valence-corrected chi connectivity index (χ1v) is 6.31. The maximum absolute atomic E-state index is 13.6. The van der Waals surface area contributed by atoms with E-state index in [0.29, 0.717) is 13.0 Å². The molecule has 0 unspecified atom stereocenters. The molecule has 0 spiro atoms. The van der Waals surface area contributed by atoms with E-state index >= 15 is 0 Å². The van der Waals surface area contributed by atoms with Crippen LogP contribution in [0.25, 0.3) is 0 Å². The van der Waals surface area contributed by atoms with Crippen molar-refractivity contribution >= 4 is 11.8 Å². The Kier molecular flexibility index (Phi) is 5.61. The van der Waals surface area contributed by atoms with E-state index < -0.39 is 17.5 Å². The van der Waals surface area contributed by atoms with Gasteiger partial charge in [0, 0.05) is 20.6 Å². The third kappa shape index (κ3) is 3.76. The zero-order valence-corrected chi connectivity index (χ0v) is 11.8. The summed E-state index contributed by atoms with van der Waals surface area (Å²) in [4.78, 5) is 26.5. The molecule has 0 bridgehead atoms. The minimum Gasteiger partial charge on any atom is -0.347 e. The standard InChI is InChI=1S/C14H18F2N2O2/c1-4-8-18(9-12(19)17(2)3)14(20)10-6-5-7-11(15)13(10)16/h5-7H,4,8-9H2,1-3H3. The highest BCUT2D eigenvalue weighted by molar-refractivity contribution is 5.96. The number of carbonyl (C=O) groups is 2. The van der Waals surface area contributed by atoms with Gasteiger partial charge in [-0.3, -0.25) is 9.59 Å². The van der Waals surface area contributed by atoms with E-state index in [1.807, 2.05) is 6.92 Å². The number of likely N-dealkylation sites (N-methyl/N-ethyl adjacent to an activating group) is 1. The first-order chi connectivity index (χ1) is 9.38. The molecule has 0 fully saturated rings. The fourth-order valence-corrected chi connectivity index (χ4v) is 1.67. The van der Waals surface area contributed by atoms with Crippen LogP contribution in [0.1, 0.15) is 23.7 Å². The predicted octanol–water partition coefficient (Wildman–Crippen LogP) is 1.91. The lowest BCUT2D eigenvalue weighted by Crippen LogP contribution is -2.41. The SMILES string of the molecule is CCCN(CC(=O)N(C)C)C(=O)c1cccc(F)c1F. The second-order valence-corrected chi connectivity index (χ2v) is 4.62. The minimum absolute atomic E-state index is 0.157. The summed E-state index contributed by atoms with van der Waals surface area (Å²) >= 11 is 0. The molecule has 0 heterocycles. The third-order valence-corrected chi connectivity index (χ3v) is 2.79. The summed E-state index contributed by atoms with van der Waals surface area (Å²) in [6.07, 6.45) is 0.614. The second kappa shape index (κ2) is 6.98. The molecule has 110 valence electrons. The average Bonchev–Trinajstić information content (AvgIpc) is 2.40. The number of hydrogen-bond donors (Lipinski definition) is 0. The lowest BCUT2D eigenvalue weighted by atomic mass is 10.1. The van der Waals surface area contributed by atoms with Crippen molar-refractivity contribution in [2.45, 2.75) is 13.3 Å². The first-order valence-electron chi connectivity index (χ1n) is 6.31. The Bertz CT molecular complexity index is 504. The number of carbonyl (C=O) groups excluding carboxylic acids is 2. The van der Waals surface area contributed by atoms with Gasteiger partial charge in [0.15, 0.2) is 11.6 Å². The Morgan fingerprint density at radius 1 is 1.20 bits per heavy atom. The number of halogens is 2. The van der Waals surface area contributed by atoms with Crippen molar-refractivity contribution in [2.24, 2.45) is 0 Å². The largest absolute Gasteiger partial charge is 0.347 e. The molecule has 0 saturated carbocycles. The van der Waals surface area contributed by atoms with Gasteiger partial charge in [0.2, 0.25) is 5.91 Å². The van der Waals surface area contributed by atoms with Crippen LogP contribution in [0, 0.1) is 11.6 Å². The Balaban J connectivity index is 2.99. The summed E-state index contributed by atoms with van der Waals surface area (Å²) < 4.78 is 26.8. The van der Waals surface area contributed by atoms with Crippen LogP contribution in [-0.4, -0.2) is 48.8 Å². The second-order valence-electron chi connectivity index (χ2n) is 4.62. The first kappa shape index (κ1) is 16.1. The lowest BCUT2D eigenvalue weighted by molar-refractivity contribution is -0.129. The van der Waals surface area contributed by atoms with Gasteiger partial charge in [-0.2, -0.15) is 0 Å². The van der Waals surface area contributed by atoms with Crippen molar-refractivity contribution in [2.75, 3.05) is 27.2 Å². The van der Waals surface area contributed by atoms with Crippen LogP contribution in [0.3, 0.4) is 0 Å². The van der Waals surface area contributed by atoms with Gasteiger partial charge in [-0.05, 0) is 18.6 Å². The Labute approximate surface area is 117 Å². The molecular weight excluding hydrogens is 266 g/mol. The highest BCUT2D eigenvalue weighted by Crippen LogP contribution is 2.14. The monoisotopic (exact) mass is 284 g/mol. The van der Waals surface area contributed by atoms with Crippen molar-refractivity contribution < 1.29 is 18.4 Å². The molecule has 0 aliphatic carbocycles. The van der Waals surface area contributed by atoms with Gasteiger partial charge in [0.1, 0.15) is 6.54 Å². The zero-order chi connectivity index (χ0) is 15.3. The molecule has 0 saturated heterocycles. The normalized spacial score (nSPS) is 10.2. The van der Waals surface area contributed by atoms with E-state index in [2.05, 4.69) is 0 Å². The van der Waals surface area contributed by atoms with Gasteiger partial charge in [0.25, 0.3) is 5.91 Å². The summed E-state index contributed by atoms with van der Waals surface area (Å²) in [5.41, 5.74) is -0.356. The van der Waals surface area contributed by atoms with Gasteiger partial charge in [-0.25, -0.2) is 8.78 Å². The van der Waals surface area contributed by atoms with Crippen molar-refractivity contribution in [1.29, 1.82) is 0 Å². The third-order valence-electron chi connectivity index (χ3n) is 2.79. The summed E-state index contributed by atoms with van der Waals surface area (Å²) in [5.74, 6) is -3.22. The van der Waals surface area contributed by atoms with Gasteiger partial charge >= 0.3 is 0 Å². The molecule has 0 radical (unpaired) electrons. The lowest BCUT2D eigenvalue weighted by Gasteiger charge is -2.23. The molecule has 0 N–H and O–H groups in total. The molecule has 4 nitrogen and oxygen atoms in total. The van der Waals surface area contributed by atoms with Crippen molar-refractivity contribution in [3.05, 3.63) is 35.4 Å². The quantitative estimate of drug-likeness (QED) is 0.828. The van der Waals surface area contributed by atoms with Gasteiger partial charge in [-0.1, -0.05) is 13.0 Å². The molecule has 1 aromatic carbocycles. The topological polar surface area (TPSA) is 40.6 Å². The van der Waals surface area contributed by atoms with Crippen LogP contribution >= 0.6 is 0 Å². The Hall–Kier alpha value is -1.98. The number of benzene rings is 1. The summed E-state index contributed by atoms with van der Waals surface area (Å²) in [7, 11) is 3.14. The van der Waals surface area contributed by atoms with E-state index in [-0.39, 0.29) is 18.0 Å². The highest BCUT2D eigenvalue weighted by Gasteiger charge is 2.23. The summed E-state index contributed by atoms with van der Waals surface area (Å²) in [6, 6.07) is 3.42. The van der Waals surface area contributed by atoms with Crippen LogP contribution in [-0.2, 0) is 4.79 Å². The molecule has 0 aromatic heterocycles. The highest BCUT2D eigenvalue weighted by atomic mass is 19.2. The van der Waals surface area contributed by atoms with Crippen LogP contribution < -0.4 is 0 Å². The number of rotatable bonds is 5. The van der Waals surface area contributed by atoms with Crippen LogP contribution in [0.2, 0.25) is 0 Å². The average molecular weight is 284 g/mol. The fourth-order valence-electron chi connectivity index (χ4n) is 1.67. The smallest absolute Gasteiger partial charge is 0.257 e. The molecule has 20 heavy (non-hydrogen) atoms. The van der Waals surface area contributed by atoms with E-state index in [1.165, 1.54) is 21.9 Å². The van der Waals surface area contributed by atoms with Crippen molar-refractivity contribution in [3.8, 4) is 0 Å². The molecule has 0 atom stereocenters.